The van der Waals surface area contributed by atoms with Crippen molar-refractivity contribution in [2.24, 2.45) is 17.8 Å². The zero-order valence-corrected chi connectivity index (χ0v) is 25.2. The zero-order chi connectivity index (χ0) is 27.7. The predicted octanol–water partition coefficient (Wildman–Crippen LogP) is 5.79. The minimum absolute atomic E-state index is 0.0558. The van der Waals surface area contributed by atoms with Gasteiger partial charge in [-0.15, -0.1) is 0 Å². The maximum atomic E-state index is 14.0. The fourth-order valence-electron chi connectivity index (χ4n) is 8.40. The van der Waals surface area contributed by atoms with E-state index in [0.29, 0.717) is 48.2 Å². The highest BCUT2D eigenvalue weighted by Gasteiger charge is 2.47. The van der Waals surface area contributed by atoms with E-state index in [2.05, 4.69) is 51.6 Å². The van der Waals surface area contributed by atoms with Crippen LogP contribution in [0.4, 0.5) is 8.78 Å². The van der Waals surface area contributed by atoms with Gasteiger partial charge in [-0.05, 0) is 102 Å². The van der Waals surface area contributed by atoms with E-state index in [4.69, 9.17) is 4.98 Å². The van der Waals surface area contributed by atoms with Crippen molar-refractivity contribution in [1.29, 1.82) is 0 Å². The van der Waals surface area contributed by atoms with E-state index in [1.165, 1.54) is 25.7 Å². The molecule has 6 rings (SSSR count). The SMILES string of the molecule is CC1(C)C[C@@H]2CC[C@H](c3ccccn3)NC3CCCC(N3)SNCC3CCC(C4CCC(F)(F)CC4)NC3N1C2. The van der Waals surface area contributed by atoms with Crippen LogP contribution in [0.3, 0.4) is 0 Å². The lowest BCUT2D eigenvalue weighted by Crippen LogP contribution is -2.63. The molecule has 1 aliphatic carbocycles. The minimum Gasteiger partial charge on any atom is -0.298 e. The number of fused-ring (bicyclic) bond motifs is 6. The highest BCUT2D eigenvalue weighted by atomic mass is 32.2. The maximum absolute atomic E-state index is 14.0. The quantitative estimate of drug-likeness (QED) is 0.333. The molecule has 4 aliphatic heterocycles. The minimum atomic E-state index is -2.46. The van der Waals surface area contributed by atoms with Crippen LogP contribution in [0.15, 0.2) is 24.4 Å². The van der Waals surface area contributed by atoms with E-state index in [0.717, 1.165) is 44.5 Å². The molecule has 40 heavy (non-hydrogen) atoms. The third kappa shape index (κ3) is 6.86. The van der Waals surface area contributed by atoms with Gasteiger partial charge in [-0.25, -0.2) is 8.78 Å². The van der Waals surface area contributed by atoms with E-state index in [9.17, 15) is 8.78 Å². The molecule has 0 radical (unpaired) electrons. The van der Waals surface area contributed by atoms with Crippen molar-refractivity contribution >= 4 is 11.9 Å². The van der Waals surface area contributed by atoms with Gasteiger partial charge in [0.1, 0.15) is 0 Å². The van der Waals surface area contributed by atoms with Gasteiger partial charge in [-0.3, -0.25) is 30.6 Å². The fourth-order valence-corrected chi connectivity index (χ4v) is 9.43. The summed E-state index contributed by atoms with van der Waals surface area (Å²) in [5.41, 5.74) is 1.25. The number of alkyl halides is 2. The second kappa shape index (κ2) is 12.4. The molecule has 224 valence electrons. The molecule has 1 saturated carbocycles. The zero-order valence-electron chi connectivity index (χ0n) is 24.4. The lowest BCUT2D eigenvalue weighted by molar-refractivity contribution is -0.0572. The third-order valence-electron chi connectivity index (χ3n) is 10.6. The lowest BCUT2D eigenvalue weighted by Gasteiger charge is -2.49. The molecule has 1 aromatic rings. The van der Waals surface area contributed by atoms with E-state index >= 15 is 0 Å². The third-order valence-corrected chi connectivity index (χ3v) is 11.6. The molecule has 8 atom stereocenters. The van der Waals surface area contributed by atoms with E-state index < -0.39 is 5.92 Å². The van der Waals surface area contributed by atoms with Crippen molar-refractivity contribution in [2.75, 3.05) is 13.1 Å². The van der Waals surface area contributed by atoms with Crippen LogP contribution in [0, 0.1) is 17.8 Å². The number of rotatable bonds is 2. The molecular weight excluding hydrogens is 526 g/mol. The highest BCUT2D eigenvalue weighted by molar-refractivity contribution is 7.98. The van der Waals surface area contributed by atoms with Gasteiger partial charge < -0.3 is 0 Å². The summed E-state index contributed by atoms with van der Waals surface area (Å²) in [6, 6.07) is 6.87. The molecule has 4 saturated heterocycles. The Morgan fingerprint density at radius 1 is 0.925 bits per heavy atom. The standard InChI is InChI=1S/C31H50F2N6S/c1-30(2)18-21-9-11-26(25-6-3-4-17-34-25)36-27-7-5-8-28(38-27)40-35-19-23-10-12-24(37-29(23)39(30)20-21)22-13-15-31(32,33)16-14-22/h3-4,6,17,21-24,26-29,35-38H,5,7-16,18-20H2,1-2H3/t21-,23?,24?,26+,27?,28?,29?/m0/s1. The first kappa shape index (κ1) is 29.2. The summed E-state index contributed by atoms with van der Waals surface area (Å²) in [4.78, 5) is 7.52. The van der Waals surface area contributed by atoms with Crippen molar-refractivity contribution in [3.05, 3.63) is 30.1 Å². The van der Waals surface area contributed by atoms with E-state index in [-0.39, 0.29) is 30.6 Å². The topological polar surface area (TPSA) is 64.2 Å². The Hall–Kier alpha value is -0.840. The van der Waals surface area contributed by atoms with E-state index in [1.807, 2.05) is 24.2 Å². The fraction of sp³-hybridized carbons (Fsp3) is 0.839. The van der Waals surface area contributed by atoms with Crippen LogP contribution in [0.25, 0.3) is 0 Å². The summed E-state index contributed by atoms with van der Waals surface area (Å²) < 4.78 is 31.7. The van der Waals surface area contributed by atoms with Crippen molar-refractivity contribution < 1.29 is 8.78 Å². The van der Waals surface area contributed by atoms with Crippen molar-refractivity contribution in [1.82, 2.24) is 30.6 Å². The summed E-state index contributed by atoms with van der Waals surface area (Å²) in [6.07, 6.45) is 13.2. The van der Waals surface area contributed by atoms with Crippen molar-refractivity contribution in [2.45, 2.75) is 132 Å². The Kier molecular flexibility index (Phi) is 9.07. The summed E-state index contributed by atoms with van der Waals surface area (Å²) in [5.74, 6) is -0.944. The van der Waals surface area contributed by atoms with Crippen molar-refractivity contribution in [3.8, 4) is 0 Å². The Morgan fingerprint density at radius 2 is 1.77 bits per heavy atom. The van der Waals surface area contributed by atoms with Crippen LogP contribution in [0.2, 0.25) is 0 Å². The molecule has 0 spiro atoms. The van der Waals surface area contributed by atoms with Gasteiger partial charge in [-0.1, -0.05) is 18.0 Å². The number of pyridine rings is 1. The Balaban J connectivity index is 1.21. The van der Waals surface area contributed by atoms with E-state index in [1.54, 1.807) is 0 Å². The van der Waals surface area contributed by atoms with Crippen LogP contribution < -0.4 is 20.7 Å². The number of nitrogens with zero attached hydrogens (tertiary/aromatic N) is 2. The normalized spacial score (nSPS) is 40.9. The molecule has 4 N–H and O–H groups in total. The Labute approximate surface area is 244 Å². The van der Waals surface area contributed by atoms with Crippen LogP contribution in [-0.4, -0.2) is 58.2 Å². The number of hydrogen-bond donors (Lipinski definition) is 4. The summed E-state index contributed by atoms with van der Waals surface area (Å²) in [6.45, 7) is 6.92. The molecular formula is C31H50F2N6S. The summed E-state index contributed by atoms with van der Waals surface area (Å²) in [5, 5.41) is 12.3. The monoisotopic (exact) mass is 576 g/mol. The largest absolute Gasteiger partial charge is 0.298 e. The average molecular weight is 577 g/mol. The highest BCUT2D eigenvalue weighted by Crippen LogP contribution is 2.43. The smallest absolute Gasteiger partial charge is 0.248 e. The first-order valence-corrected chi connectivity index (χ1v) is 16.9. The average Bonchev–Trinajstić information content (AvgIpc) is 3.25. The molecule has 1 aromatic heterocycles. The first-order chi connectivity index (χ1) is 19.3. The first-order valence-electron chi connectivity index (χ1n) is 16.0. The Bertz CT molecular complexity index is 956. The van der Waals surface area contributed by atoms with Gasteiger partial charge in [0.25, 0.3) is 0 Å². The van der Waals surface area contributed by atoms with Crippen molar-refractivity contribution in [3.63, 3.8) is 0 Å². The van der Waals surface area contributed by atoms with Crippen LogP contribution >= 0.6 is 11.9 Å². The second-order valence-corrected chi connectivity index (χ2v) is 15.0. The molecule has 5 fully saturated rings. The summed E-state index contributed by atoms with van der Waals surface area (Å²) in [7, 11) is 0. The summed E-state index contributed by atoms with van der Waals surface area (Å²) >= 11 is 1.86. The van der Waals surface area contributed by atoms with Crippen LogP contribution in [-0.2, 0) is 0 Å². The van der Waals surface area contributed by atoms with Gasteiger partial charge in [-0.2, -0.15) is 0 Å². The molecule has 9 heteroatoms. The second-order valence-electron chi connectivity index (χ2n) is 13.9. The molecule has 0 aromatic carbocycles. The molecule has 0 amide bonds. The molecule has 5 aliphatic rings. The molecule has 4 bridgehead atoms. The lowest BCUT2D eigenvalue weighted by atomic mass is 9.77. The number of nitrogens with one attached hydrogen (secondary N) is 4. The number of halogens is 2. The van der Waals surface area contributed by atoms with Gasteiger partial charge in [0, 0.05) is 49.6 Å². The molecule has 5 heterocycles. The number of aromatic nitrogens is 1. The predicted molar refractivity (Wildman–Crippen MR) is 159 cm³/mol. The molecule has 6 nitrogen and oxygen atoms in total. The van der Waals surface area contributed by atoms with Gasteiger partial charge >= 0.3 is 0 Å². The molecule has 6 unspecified atom stereocenters. The van der Waals surface area contributed by atoms with Gasteiger partial charge in [0.05, 0.1) is 29.4 Å². The Morgan fingerprint density at radius 3 is 2.58 bits per heavy atom. The van der Waals surface area contributed by atoms with Gasteiger partial charge in [0.2, 0.25) is 5.92 Å². The van der Waals surface area contributed by atoms with Gasteiger partial charge in [0.15, 0.2) is 0 Å². The number of hydrogen-bond acceptors (Lipinski definition) is 7. The van der Waals surface area contributed by atoms with Crippen LogP contribution in [0.5, 0.6) is 0 Å². The van der Waals surface area contributed by atoms with Crippen LogP contribution in [0.1, 0.15) is 103 Å². The number of piperidine rings is 2. The maximum Gasteiger partial charge on any atom is 0.248 e.